The molecular formula is C25H28N4O5. The summed E-state index contributed by atoms with van der Waals surface area (Å²) < 4.78 is 12.2. The highest BCUT2D eigenvalue weighted by molar-refractivity contribution is 5.69. The molecule has 3 atom stereocenters. The molecule has 1 fully saturated rings. The summed E-state index contributed by atoms with van der Waals surface area (Å²) in [6.45, 7) is 5.06. The predicted octanol–water partition coefficient (Wildman–Crippen LogP) is 2.36. The number of nitrogens with zero attached hydrogens (tertiary/aromatic N) is 4. The maximum absolute atomic E-state index is 11.8. The van der Waals surface area contributed by atoms with Gasteiger partial charge in [0.2, 0.25) is 5.76 Å². The van der Waals surface area contributed by atoms with Crippen LogP contribution in [0.25, 0.3) is 0 Å². The molecule has 0 aliphatic carbocycles. The Morgan fingerprint density at radius 1 is 1.24 bits per heavy atom. The molecule has 1 aliphatic rings. The number of ether oxygens (including phenoxy) is 1. The number of carbonyl (C=O) groups excluding carboxylic acids is 1. The first-order valence-electron chi connectivity index (χ1n) is 11.2. The fraction of sp³-hybridized carbons (Fsp3) is 0.400. The molecule has 1 aromatic carbocycles. The van der Waals surface area contributed by atoms with E-state index >= 15 is 0 Å². The van der Waals surface area contributed by atoms with Crippen LogP contribution >= 0.6 is 0 Å². The molecule has 3 aromatic rings. The number of hydrogen-bond acceptors (Lipinski definition) is 7. The normalized spacial score (nSPS) is 17.2. The number of carbonyl (C=O) groups is 1. The van der Waals surface area contributed by atoms with E-state index in [4.69, 9.17) is 14.4 Å². The van der Waals surface area contributed by atoms with Gasteiger partial charge in [-0.25, -0.2) is 9.78 Å². The van der Waals surface area contributed by atoms with Crippen LogP contribution in [0.1, 0.15) is 48.4 Å². The summed E-state index contributed by atoms with van der Waals surface area (Å²) >= 11 is 0. The molecule has 2 N–H and O–H groups in total. The lowest BCUT2D eigenvalue weighted by molar-refractivity contribution is 0.0945. The Balaban J connectivity index is 1.31. The van der Waals surface area contributed by atoms with Gasteiger partial charge < -0.3 is 28.9 Å². The summed E-state index contributed by atoms with van der Waals surface area (Å²) in [6, 6.07) is 9.75. The number of aliphatic hydroxyl groups is 2. The van der Waals surface area contributed by atoms with E-state index in [1.807, 2.05) is 28.8 Å². The summed E-state index contributed by atoms with van der Waals surface area (Å²) in [5.41, 5.74) is 2.70. The van der Waals surface area contributed by atoms with Crippen LogP contribution in [0, 0.1) is 17.8 Å². The molecule has 9 heteroatoms. The maximum Gasteiger partial charge on any atom is 0.410 e. The van der Waals surface area contributed by atoms with Crippen molar-refractivity contribution in [2.24, 2.45) is 5.92 Å². The number of amides is 1. The van der Waals surface area contributed by atoms with Crippen molar-refractivity contribution in [1.29, 1.82) is 0 Å². The molecule has 0 saturated carbocycles. The minimum atomic E-state index is -0.664. The van der Waals surface area contributed by atoms with E-state index in [1.54, 1.807) is 30.3 Å². The average Bonchev–Trinajstić information content (AvgIpc) is 3.54. The van der Waals surface area contributed by atoms with Gasteiger partial charge in [0, 0.05) is 30.6 Å². The number of cyclic esters (lactones) is 1. The summed E-state index contributed by atoms with van der Waals surface area (Å²) in [5.74, 6) is 7.35. The maximum atomic E-state index is 11.8. The summed E-state index contributed by atoms with van der Waals surface area (Å²) in [7, 11) is 0. The Kier molecular flexibility index (Phi) is 7.30. The number of imidazole rings is 1. The van der Waals surface area contributed by atoms with Crippen molar-refractivity contribution in [1.82, 2.24) is 19.6 Å². The third-order valence-electron chi connectivity index (χ3n) is 5.57. The van der Waals surface area contributed by atoms with E-state index in [2.05, 4.69) is 28.9 Å². The smallest absolute Gasteiger partial charge is 0.410 e. The van der Waals surface area contributed by atoms with Gasteiger partial charge in [-0.05, 0) is 42.9 Å². The van der Waals surface area contributed by atoms with E-state index < -0.39 is 12.2 Å². The van der Waals surface area contributed by atoms with Crippen molar-refractivity contribution < 1.29 is 24.3 Å². The zero-order valence-electron chi connectivity index (χ0n) is 19.2. The first-order chi connectivity index (χ1) is 16.4. The third kappa shape index (κ3) is 5.84. The monoisotopic (exact) mass is 464 g/mol. The van der Waals surface area contributed by atoms with Gasteiger partial charge in [0.05, 0.1) is 19.7 Å². The van der Waals surface area contributed by atoms with Crippen LogP contribution in [0.2, 0.25) is 0 Å². The Bertz CT molecular complexity index is 1170. The molecule has 34 heavy (non-hydrogen) atoms. The van der Waals surface area contributed by atoms with Gasteiger partial charge in [-0.1, -0.05) is 30.1 Å². The van der Waals surface area contributed by atoms with Gasteiger partial charge in [0.25, 0.3) is 0 Å². The molecule has 0 spiro atoms. The molecule has 4 rings (SSSR count). The molecule has 2 unspecified atom stereocenters. The number of rotatable bonds is 8. The van der Waals surface area contributed by atoms with Crippen molar-refractivity contribution in [3.63, 3.8) is 0 Å². The molecule has 0 radical (unpaired) electrons. The average molecular weight is 465 g/mol. The number of benzene rings is 1. The first kappa shape index (κ1) is 23.5. The highest BCUT2D eigenvalue weighted by atomic mass is 16.6. The first-order valence-corrected chi connectivity index (χ1v) is 11.2. The Morgan fingerprint density at radius 3 is 2.74 bits per heavy atom. The second kappa shape index (κ2) is 10.5. The zero-order chi connectivity index (χ0) is 24.1. The van der Waals surface area contributed by atoms with Gasteiger partial charge in [0.1, 0.15) is 23.7 Å². The Morgan fingerprint density at radius 2 is 2.03 bits per heavy atom. The van der Waals surface area contributed by atoms with E-state index in [9.17, 15) is 9.90 Å². The Hall–Kier alpha value is -3.61. The van der Waals surface area contributed by atoms with Crippen LogP contribution in [0.5, 0.6) is 0 Å². The van der Waals surface area contributed by atoms with E-state index in [-0.39, 0.29) is 18.6 Å². The van der Waals surface area contributed by atoms with E-state index in [1.165, 1.54) is 0 Å². The van der Waals surface area contributed by atoms with Gasteiger partial charge in [0.15, 0.2) is 0 Å². The molecule has 1 saturated heterocycles. The summed E-state index contributed by atoms with van der Waals surface area (Å²) in [6.07, 6.45) is 2.79. The quantitative estimate of drug-likeness (QED) is 0.492. The van der Waals surface area contributed by atoms with Crippen LogP contribution in [-0.2, 0) is 17.7 Å². The van der Waals surface area contributed by atoms with Crippen LogP contribution in [-0.4, -0.2) is 61.7 Å². The van der Waals surface area contributed by atoms with Crippen molar-refractivity contribution in [3.05, 3.63) is 71.1 Å². The topological polar surface area (TPSA) is 114 Å². The van der Waals surface area contributed by atoms with Gasteiger partial charge in [-0.2, -0.15) is 0 Å². The van der Waals surface area contributed by atoms with Crippen LogP contribution < -0.4 is 0 Å². The standard InChI is InChI=1S/C25H28N4O5/c1-17(13-29-15-23(16-30)33-25(29)32)11-20-5-3-19(4-6-20)7-8-22-12-21(27-34-22)14-28-10-9-26-24(28)18(2)31/h3-6,9-10,12,17-18,23,30-31H,11,13-16H2,1-2H3/t17?,18-,23?/m0/s1. The fourth-order valence-electron chi connectivity index (χ4n) is 3.96. The van der Waals surface area contributed by atoms with Crippen molar-refractivity contribution in [3.8, 4) is 11.8 Å². The molecule has 3 heterocycles. The third-order valence-corrected chi connectivity index (χ3v) is 5.57. The molecule has 178 valence electrons. The Labute approximate surface area is 198 Å². The minimum Gasteiger partial charge on any atom is -0.442 e. The lowest BCUT2D eigenvalue weighted by atomic mass is 9.99. The molecule has 9 nitrogen and oxygen atoms in total. The van der Waals surface area contributed by atoms with Crippen LogP contribution in [0.3, 0.4) is 0 Å². The minimum absolute atomic E-state index is 0.150. The van der Waals surface area contributed by atoms with Gasteiger partial charge in [-0.15, -0.1) is 0 Å². The summed E-state index contributed by atoms with van der Waals surface area (Å²) in [5, 5.41) is 23.0. The fourth-order valence-corrected chi connectivity index (χ4v) is 3.96. The number of aromatic nitrogens is 3. The lowest BCUT2D eigenvalue weighted by Crippen LogP contribution is -2.31. The van der Waals surface area contributed by atoms with Gasteiger partial charge in [-0.3, -0.25) is 0 Å². The second-order valence-electron chi connectivity index (χ2n) is 8.62. The highest BCUT2D eigenvalue weighted by Crippen LogP contribution is 2.17. The largest absolute Gasteiger partial charge is 0.442 e. The number of aliphatic hydroxyl groups excluding tert-OH is 2. The lowest BCUT2D eigenvalue weighted by Gasteiger charge is -2.18. The molecule has 0 bridgehead atoms. The van der Waals surface area contributed by atoms with Crippen LogP contribution in [0.15, 0.2) is 47.2 Å². The van der Waals surface area contributed by atoms with E-state index in [0.29, 0.717) is 36.9 Å². The SMILES string of the molecule is CC(Cc1ccc(C#Cc2cc(Cn3ccnc3[C@H](C)O)no2)cc1)CN1CC(CO)OC1=O. The van der Waals surface area contributed by atoms with Crippen molar-refractivity contribution in [2.75, 3.05) is 19.7 Å². The predicted molar refractivity (Wildman–Crippen MR) is 123 cm³/mol. The molecule has 1 amide bonds. The molecule has 2 aromatic heterocycles. The highest BCUT2D eigenvalue weighted by Gasteiger charge is 2.31. The zero-order valence-corrected chi connectivity index (χ0v) is 19.2. The molecular weight excluding hydrogens is 436 g/mol. The van der Waals surface area contributed by atoms with Crippen molar-refractivity contribution >= 4 is 6.09 Å². The van der Waals surface area contributed by atoms with Crippen LogP contribution in [0.4, 0.5) is 4.79 Å². The van der Waals surface area contributed by atoms with Gasteiger partial charge >= 0.3 is 6.09 Å². The number of hydrogen-bond donors (Lipinski definition) is 2. The second-order valence-corrected chi connectivity index (χ2v) is 8.62. The van der Waals surface area contributed by atoms with E-state index in [0.717, 1.165) is 17.5 Å². The molecule has 1 aliphatic heterocycles. The summed E-state index contributed by atoms with van der Waals surface area (Å²) in [4.78, 5) is 17.6. The van der Waals surface area contributed by atoms with Crippen molar-refractivity contribution in [2.45, 2.75) is 39.0 Å².